The van der Waals surface area contributed by atoms with Crippen LogP contribution in [0.1, 0.15) is 12.0 Å². The summed E-state index contributed by atoms with van der Waals surface area (Å²) in [7, 11) is 0. The van der Waals surface area contributed by atoms with Crippen molar-refractivity contribution in [3.63, 3.8) is 0 Å². The van der Waals surface area contributed by atoms with Crippen molar-refractivity contribution >= 4 is 23.0 Å². The van der Waals surface area contributed by atoms with Crippen molar-refractivity contribution in [2.75, 3.05) is 10.7 Å². The van der Waals surface area contributed by atoms with Crippen LogP contribution >= 0.6 is 0 Å². The molecular formula is C11H7F6N3O. The highest BCUT2D eigenvalue weighted by Crippen LogP contribution is 2.36. The average Bonchev–Trinajstić information content (AvgIpc) is 2.70. The molecule has 10 heteroatoms. The van der Waals surface area contributed by atoms with E-state index in [-0.39, 0.29) is 5.69 Å². The fourth-order valence-electron chi connectivity index (χ4n) is 1.70. The van der Waals surface area contributed by atoms with E-state index < -0.39 is 41.6 Å². The standard InChI is InChI=1S/C11H7F6N3O/c12-10(13,14)5-1-2-7(6(18)3-5)20-9(21)4-8(19-20)11(15,16)17/h1-3H,4,18H2. The van der Waals surface area contributed by atoms with Gasteiger partial charge in [0.1, 0.15) is 0 Å². The van der Waals surface area contributed by atoms with Gasteiger partial charge in [0.25, 0.3) is 5.91 Å². The Kier molecular flexibility index (Phi) is 3.34. The van der Waals surface area contributed by atoms with Crippen LogP contribution in [-0.2, 0) is 11.0 Å². The molecule has 114 valence electrons. The third kappa shape index (κ3) is 2.93. The lowest BCUT2D eigenvalue weighted by Gasteiger charge is -2.16. The van der Waals surface area contributed by atoms with Crippen LogP contribution in [0.2, 0.25) is 0 Å². The smallest absolute Gasteiger partial charge is 0.397 e. The van der Waals surface area contributed by atoms with Gasteiger partial charge in [-0.05, 0) is 18.2 Å². The van der Waals surface area contributed by atoms with E-state index >= 15 is 0 Å². The van der Waals surface area contributed by atoms with Crippen LogP contribution in [0.25, 0.3) is 0 Å². The second-order valence-corrected chi connectivity index (χ2v) is 4.20. The van der Waals surface area contributed by atoms with Crippen molar-refractivity contribution in [1.82, 2.24) is 0 Å². The van der Waals surface area contributed by atoms with E-state index in [2.05, 4.69) is 5.10 Å². The predicted octanol–water partition coefficient (Wildman–Crippen LogP) is 2.94. The summed E-state index contributed by atoms with van der Waals surface area (Å²) in [5.41, 5.74) is 2.15. The number of benzene rings is 1. The van der Waals surface area contributed by atoms with Crippen LogP contribution in [0.5, 0.6) is 0 Å². The number of hydrogen-bond acceptors (Lipinski definition) is 3. The van der Waals surface area contributed by atoms with E-state index in [1.54, 1.807) is 0 Å². The first-order chi connectivity index (χ1) is 9.50. The Balaban J connectivity index is 2.39. The van der Waals surface area contributed by atoms with Gasteiger partial charge in [0, 0.05) is 0 Å². The number of anilines is 2. The van der Waals surface area contributed by atoms with Gasteiger partial charge in [0.05, 0.1) is 23.4 Å². The fourth-order valence-corrected chi connectivity index (χ4v) is 1.70. The molecule has 0 spiro atoms. The number of carbonyl (C=O) groups is 1. The molecule has 1 aliphatic heterocycles. The Morgan fingerprint density at radius 1 is 1.10 bits per heavy atom. The summed E-state index contributed by atoms with van der Waals surface area (Å²) in [6.45, 7) is 0. The number of nitrogen functional groups attached to an aromatic ring is 1. The van der Waals surface area contributed by atoms with Crippen LogP contribution in [0, 0.1) is 0 Å². The monoisotopic (exact) mass is 311 g/mol. The fraction of sp³-hybridized carbons (Fsp3) is 0.273. The molecule has 0 atom stereocenters. The highest BCUT2D eigenvalue weighted by molar-refractivity contribution is 6.15. The summed E-state index contributed by atoms with van der Waals surface area (Å²) in [6.07, 6.45) is -10.4. The Hall–Kier alpha value is -2.26. The number of alkyl halides is 6. The van der Waals surface area contributed by atoms with E-state index in [0.29, 0.717) is 17.1 Å². The number of nitrogens with two attached hydrogens (primary N) is 1. The molecule has 0 saturated heterocycles. The molecule has 0 aromatic heterocycles. The van der Waals surface area contributed by atoms with Crippen LogP contribution in [0.4, 0.5) is 37.7 Å². The van der Waals surface area contributed by atoms with E-state index in [0.717, 1.165) is 6.07 Å². The van der Waals surface area contributed by atoms with Crippen molar-refractivity contribution in [2.45, 2.75) is 18.8 Å². The lowest BCUT2D eigenvalue weighted by atomic mass is 10.1. The van der Waals surface area contributed by atoms with Crippen molar-refractivity contribution in [1.29, 1.82) is 0 Å². The Labute approximate surface area is 113 Å². The average molecular weight is 311 g/mol. The summed E-state index contributed by atoms with van der Waals surface area (Å²) in [4.78, 5) is 11.5. The highest BCUT2D eigenvalue weighted by Gasteiger charge is 2.43. The summed E-state index contributed by atoms with van der Waals surface area (Å²) >= 11 is 0. The van der Waals surface area contributed by atoms with Crippen LogP contribution in [0.3, 0.4) is 0 Å². The van der Waals surface area contributed by atoms with Gasteiger partial charge in [0.15, 0.2) is 5.71 Å². The second-order valence-electron chi connectivity index (χ2n) is 4.20. The largest absolute Gasteiger partial charge is 0.431 e. The molecule has 21 heavy (non-hydrogen) atoms. The van der Waals surface area contributed by atoms with Gasteiger partial charge < -0.3 is 5.73 Å². The van der Waals surface area contributed by atoms with E-state index in [9.17, 15) is 31.1 Å². The summed E-state index contributed by atoms with van der Waals surface area (Å²) in [5.74, 6) is -1.02. The summed E-state index contributed by atoms with van der Waals surface area (Å²) < 4.78 is 74.7. The molecule has 1 amide bonds. The van der Waals surface area contributed by atoms with E-state index in [1.807, 2.05) is 0 Å². The third-order valence-corrected chi connectivity index (χ3v) is 2.69. The first-order valence-corrected chi connectivity index (χ1v) is 5.44. The van der Waals surface area contributed by atoms with Crippen LogP contribution < -0.4 is 10.7 Å². The van der Waals surface area contributed by atoms with Crippen LogP contribution in [0.15, 0.2) is 23.3 Å². The van der Waals surface area contributed by atoms with Crippen molar-refractivity contribution in [2.24, 2.45) is 5.10 Å². The first kappa shape index (κ1) is 15.1. The normalized spacial score (nSPS) is 16.4. The van der Waals surface area contributed by atoms with Crippen molar-refractivity contribution < 1.29 is 31.1 Å². The maximum atomic E-state index is 12.5. The summed E-state index contributed by atoms with van der Waals surface area (Å²) in [6, 6.07) is 1.95. The molecule has 0 radical (unpaired) electrons. The van der Waals surface area contributed by atoms with Gasteiger partial charge in [-0.15, -0.1) is 0 Å². The maximum Gasteiger partial charge on any atom is 0.431 e. The molecule has 0 fully saturated rings. The molecule has 0 aliphatic carbocycles. The topological polar surface area (TPSA) is 58.7 Å². The lowest BCUT2D eigenvalue weighted by Crippen LogP contribution is -2.22. The SMILES string of the molecule is Nc1cc(C(F)(F)F)ccc1N1N=C(C(F)(F)F)CC1=O. The minimum absolute atomic E-state index is 0.327. The predicted molar refractivity (Wildman–Crippen MR) is 61.4 cm³/mol. The lowest BCUT2D eigenvalue weighted by molar-refractivity contribution is -0.137. The molecular weight excluding hydrogens is 304 g/mol. The van der Waals surface area contributed by atoms with Gasteiger partial charge in [-0.1, -0.05) is 0 Å². The van der Waals surface area contributed by atoms with Gasteiger partial charge in [-0.25, -0.2) is 0 Å². The zero-order valence-electron chi connectivity index (χ0n) is 10.1. The van der Waals surface area contributed by atoms with Gasteiger partial charge >= 0.3 is 12.4 Å². The molecule has 4 nitrogen and oxygen atoms in total. The zero-order valence-corrected chi connectivity index (χ0v) is 10.1. The minimum Gasteiger partial charge on any atom is -0.397 e. The first-order valence-electron chi connectivity index (χ1n) is 5.44. The molecule has 2 rings (SSSR count). The molecule has 1 aromatic carbocycles. The maximum absolute atomic E-state index is 12.5. The van der Waals surface area contributed by atoms with E-state index in [1.165, 1.54) is 0 Å². The molecule has 1 aromatic rings. The second kappa shape index (κ2) is 4.64. The number of hydrogen-bond donors (Lipinski definition) is 1. The number of amides is 1. The number of rotatable bonds is 1. The van der Waals surface area contributed by atoms with E-state index in [4.69, 9.17) is 5.73 Å². The number of carbonyl (C=O) groups excluding carboxylic acids is 1. The molecule has 0 bridgehead atoms. The number of nitrogens with zero attached hydrogens (tertiary/aromatic N) is 2. The summed E-state index contributed by atoms with van der Waals surface area (Å²) in [5, 5.41) is 3.44. The molecule has 1 aliphatic rings. The van der Waals surface area contributed by atoms with Crippen LogP contribution in [-0.4, -0.2) is 17.8 Å². The van der Waals surface area contributed by atoms with Gasteiger partial charge in [0.2, 0.25) is 0 Å². The Morgan fingerprint density at radius 3 is 2.14 bits per heavy atom. The number of hydrazone groups is 1. The molecule has 0 unspecified atom stereocenters. The minimum atomic E-state index is -4.79. The zero-order chi connectivity index (χ0) is 16.0. The van der Waals surface area contributed by atoms with Gasteiger partial charge in [-0.2, -0.15) is 36.5 Å². The third-order valence-electron chi connectivity index (χ3n) is 2.69. The Bertz CT molecular complexity index is 619. The molecule has 2 N–H and O–H groups in total. The van der Waals surface area contributed by atoms with Crippen molar-refractivity contribution in [3.05, 3.63) is 23.8 Å². The van der Waals surface area contributed by atoms with Crippen molar-refractivity contribution in [3.8, 4) is 0 Å². The Morgan fingerprint density at radius 2 is 1.71 bits per heavy atom. The molecule has 1 heterocycles. The number of halogens is 6. The van der Waals surface area contributed by atoms with Gasteiger partial charge in [-0.3, -0.25) is 4.79 Å². The quantitative estimate of drug-likeness (QED) is 0.640. The molecule has 0 saturated carbocycles. The highest BCUT2D eigenvalue weighted by atomic mass is 19.4.